The van der Waals surface area contributed by atoms with Crippen molar-refractivity contribution in [1.29, 1.82) is 0 Å². The van der Waals surface area contributed by atoms with Crippen LogP contribution in [0.15, 0.2) is 24.4 Å². The number of methoxy groups -OCH3 is 1. The number of anilines is 1. The van der Waals surface area contributed by atoms with Crippen molar-refractivity contribution >= 4 is 22.5 Å². The van der Waals surface area contributed by atoms with Gasteiger partial charge >= 0.3 is 0 Å². The van der Waals surface area contributed by atoms with E-state index in [0.29, 0.717) is 40.9 Å². The van der Waals surface area contributed by atoms with Crippen molar-refractivity contribution in [3.63, 3.8) is 0 Å². The van der Waals surface area contributed by atoms with Crippen LogP contribution in [0.25, 0.3) is 27.7 Å². The highest BCUT2D eigenvalue weighted by Gasteiger charge is 2.29. The van der Waals surface area contributed by atoms with Crippen LogP contribution in [0.2, 0.25) is 0 Å². The van der Waals surface area contributed by atoms with E-state index in [9.17, 15) is 9.50 Å². The molecule has 0 unspecified atom stereocenters. The van der Waals surface area contributed by atoms with E-state index in [4.69, 9.17) is 4.74 Å². The smallest absolute Gasteiger partial charge is 0.244 e. The third kappa shape index (κ3) is 3.93. The molecule has 0 spiro atoms. The summed E-state index contributed by atoms with van der Waals surface area (Å²) < 4.78 is 36.9. The van der Waals surface area contributed by atoms with Crippen LogP contribution in [-0.4, -0.2) is 60.1 Å². The fourth-order valence-corrected chi connectivity index (χ4v) is 4.55. The average molecular weight is 472 g/mol. The molecule has 1 aliphatic rings. The first-order valence-corrected chi connectivity index (χ1v) is 11.3. The van der Waals surface area contributed by atoms with Gasteiger partial charge in [0, 0.05) is 6.04 Å². The molecule has 3 aromatic heterocycles. The molecule has 1 fully saturated rings. The van der Waals surface area contributed by atoms with E-state index in [1.807, 2.05) is 6.92 Å². The largest absolute Gasteiger partial charge is 0.479 e. The van der Waals surface area contributed by atoms with Crippen LogP contribution in [0.5, 0.6) is 5.88 Å². The van der Waals surface area contributed by atoms with Crippen LogP contribution in [0.3, 0.4) is 0 Å². The van der Waals surface area contributed by atoms with E-state index in [1.165, 1.54) is 22.5 Å². The number of aromatic nitrogens is 6. The molecule has 2 N–H and O–H groups in total. The fraction of sp³-hybridized carbons (Fsp3) is 0.478. The van der Waals surface area contributed by atoms with Gasteiger partial charge in [0.1, 0.15) is 17.7 Å². The van der Waals surface area contributed by atoms with Crippen LogP contribution < -0.4 is 10.1 Å². The van der Waals surface area contributed by atoms with E-state index in [1.54, 1.807) is 25.1 Å². The number of benzene rings is 1. The Morgan fingerprint density at radius 3 is 2.79 bits per heavy atom. The summed E-state index contributed by atoms with van der Waals surface area (Å²) in [5, 5.41) is 26.1. The van der Waals surface area contributed by atoms with Gasteiger partial charge in [-0.05, 0) is 57.2 Å². The standard InChI is InChI=1S/C23H27F2N7O2/c1-13(11-24)32-18-10-14(4-5-17(18)28-30-32)19-16(25)12-31-20(19)21(34-3)27-22(29-31)26-15-6-8-23(2,33)9-7-15/h4-5,10,12-13,15,33H,6-9,11H2,1-3H3,(H,26,29)/t13-,15?,23?/m1/s1. The molecule has 11 heteroatoms. The molecular formula is C23H27F2N7O2. The molecule has 180 valence electrons. The van der Waals surface area contributed by atoms with Gasteiger partial charge < -0.3 is 15.2 Å². The van der Waals surface area contributed by atoms with E-state index in [-0.39, 0.29) is 17.5 Å². The first-order chi connectivity index (χ1) is 16.3. The van der Waals surface area contributed by atoms with Crippen LogP contribution in [0, 0.1) is 5.82 Å². The Morgan fingerprint density at radius 1 is 1.32 bits per heavy atom. The van der Waals surface area contributed by atoms with Gasteiger partial charge in [-0.3, -0.25) is 0 Å². The molecule has 0 radical (unpaired) electrons. The molecular weight excluding hydrogens is 444 g/mol. The molecule has 5 rings (SSSR count). The third-order valence-corrected chi connectivity index (χ3v) is 6.54. The summed E-state index contributed by atoms with van der Waals surface area (Å²) in [5.41, 5.74) is 1.77. The number of rotatable bonds is 6. The van der Waals surface area contributed by atoms with Gasteiger partial charge in [0.25, 0.3) is 0 Å². The summed E-state index contributed by atoms with van der Waals surface area (Å²) >= 11 is 0. The van der Waals surface area contributed by atoms with Crippen molar-refractivity contribution in [2.45, 2.75) is 57.2 Å². The van der Waals surface area contributed by atoms with Gasteiger partial charge in [0.05, 0.1) is 36.0 Å². The number of hydrogen-bond acceptors (Lipinski definition) is 7. The Kier molecular flexibility index (Phi) is 5.59. The lowest BCUT2D eigenvalue weighted by molar-refractivity contribution is 0.0195. The van der Waals surface area contributed by atoms with Gasteiger partial charge in [-0.2, -0.15) is 4.98 Å². The summed E-state index contributed by atoms with van der Waals surface area (Å²) in [4.78, 5) is 4.49. The number of fused-ring (bicyclic) bond motifs is 2. The number of halogens is 2. The van der Waals surface area contributed by atoms with E-state index < -0.39 is 24.1 Å². The summed E-state index contributed by atoms with van der Waals surface area (Å²) in [5.74, 6) is 0.0605. The molecule has 1 saturated carbocycles. The van der Waals surface area contributed by atoms with Crippen molar-refractivity contribution in [2.24, 2.45) is 0 Å². The third-order valence-electron chi connectivity index (χ3n) is 6.54. The predicted octanol–water partition coefficient (Wildman–Crippen LogP) is 3.92. The predicted molar refractivity (Wildman–Crippen MR) is 123 cm³/mol. The number of nitrogens with zero attached hydrogens (tertiary/aromatic N) is 6. The Balaban J connectivity index is 1.55. The van der Waals surface area contributed by atoms with Gasteiger partial charge in [-0.25, -0.2) is 18.0 Å². The molecule has 1 aliphatic carbocycles. The molecule has 0 bridgehead atoms. The molecule has 3 heterocycles. The van der Waals surface area contributed by atoms with Crippen molar-refractivity contribution in [3.8, 4) is 17.0 Å². The van der Waals surface area contributed by atoms with E-state index in [0.717, 1.165) is 12.8 Å². The SMILES string of the molecule is COc1nc(NC2CCC(C)(O)CC2)nn2cc(F)c(-c3ccc4nnn([C@H](C)CF)c4c3)c12. The monoisotopic (exact) mass is 471 g/mol. The maximum Gasteiger partial charge on any atom is 0.244 e. The highest BCUT2D eigenvalue weighted by molar-refractivity contribution is 5.89. The summed E-state index contributed by atoms with van der Waals surface area (Å²) in [7, 11) is 1.48. The number of ether oxygens (including phenoxy) is 1. The lowest BCUT2D eigenvalue weighted by atomic mass is 9.84. The Morgan fingerprint density at radius 2 is 2.09 bits per heavy atom. The minimum atomic E-state index is -0.646. The summed E-state index contributed by atoms with van der Waals surface area (Å²) in [6.45, 7) is 2.95. The molecule has 9 nitrogen and oxygen atoms in total. The highest BCUT2D eigenvalue weighted by atomic mass is 19.1. The average Bonchev–Trinajstić information content (AvgIpc) is 3.39. The summed E-state index contributed by atoms with van der Waals surface area (Å²) in [6.07, 6.45) is 4.21. The lowest BCUT2D eigenvalue weighted by Crippen LogP contribution is -2.36. The van der Waals surface area contributed by atoms with Crippen molar-refractivity contribution in [3.05, 3.63) is 30.2 Å². The number of alkyl halides is 1. The second kappa shape index (κ2) is 8.46. The Bertz CT molecular complexity index is 1340. The fourth-order valence-electron chi connectivity index (χ4n) is 4.55. The van der Waals surface area contributed by atoms with Gasteiger partial charge in [-0.15, -0.1) is 10.2 Å². The van der Waals surface area contributed by atoms with Gasteiger partial charge in [0.15, 0.2) is 5.82 Å². The van der Waals surface area contributed by atoms with Crippen LogP contribution in [0.4, 0.5) is 14.7 Å². The second-order valence-electron chi connectivity index (χ2n) is 9.25. The molecule has 1 atom stereocenters. The lowest BCUT2D eigenvalue weighted by Gasteiger charge is -2.33. The van der Waals surface area contributed by atoms with Crippen molar-refractivity contribution in [2.75, 3.05) is 19.1 Å². The van der Waals surface area contributed by atoms with Crippen LogP contribution in [0.1, 0.15) is 45.6 Å². The Labute approximate surface area is 194 Å². The number of nitrogens with one attached hydrogen (secondary N) is 1. The van der Waals surface area contributed by atoms with Gasteiger partial charge in [-0.1, -0.05) is 11.3 Å². The van der Waals surface area contributed by atoms with Gasteiger partial charge in [0.2, 0.25) is 11.8 Å². The molecule has 1 aromatic carbocycles. The molecule has 0 saturated heterocycles. The first kappa shape index (κ1) is 22.5. The summed E-state index contributed by atoms with van der Waals surface area (Å²) in [6, 6.07) is 4.81. The van der Waals surface area contributed by atoms with E-state index >= 15 is 4.39 Å². The zero-order valence-corrected chi connectivity index (χ0v) is 19.3. The highest BCUT2D eigenvalue weighted by Crippen LogP contribution is 2.36. The zero-order valence-electron chi connectivity index (χ0n) is 19.3. The maximum atomic E-state index is 15.2. The van der Waals surface area contributed by atoms with Crippen molar-refractivity contribution in [1.82, 2.24) is 29.6 Å². The molecule has 0 amide bonds. The second-order valence-corrected chi connectivity index (χ2v) is 9.25. The normalized spacial score (nSPS) is 21.8. The molecule has 0 aliphatic heterocycles. The number of aliphatic hydroxyl groups is 1. The van der Waals surface area contributed by atoms with Crippen molar-refractivity contribution < 1.29 is 18.6 Å². The first-order valence-electron chi connectivity index (χ1n) is 11.3. The van der Waals surface area contributed by atoms with Crippen LogP contribution >= 0.6 is 0 Å². The molecule has 34 heavy (non-hydrogen) atoms. The minimum absolute atomic E-state index is 0.106. The minimum Gasteiger partial charge on any atom is -0.479 e. The topological polar surface area (TPSA) is 102 Å². The Hall–Kier alpha value is -3.34. The van der Waals surface area contributed by atoms with Crippen LogP contribution in [-0.2, 0) is 0 Å². The van der Waals surface area contributed by atoms with E-state index in [2.05, 4.69) is 25.7 Å². The zero-order chi connectivity index (χ0) is 24.0. The maximum absolute atomic E-state index is 15.2. The quantitative estimate of drug-likeness (QED) is 0.439. The molecule has 4 aromatic rings. The number of hydrogen-bond donors (Lipinski definition) is 2.